The van der Waals surface area contributed by atoms with Gasteiger partial charge in [0, 0.05) is 22.8 Å². The molecule has 4 nitrogen and oxygen atoms in total. The van der Waals surface area contributed by atoms with E-state index >= 15 is 0 Å². The number of hydrogen-bond acceptors (Lipinski definition) is 4. The van der Waals surface area contributed by atoms with Gasteiger partial charge in [-0.3, -0.25) is 0 Å². The molecule has 1 aliphatic rings. The molecule has 0 aromatic carbocycles. The molecule has 5 heteroatoms. The summed E-state index contributed by atoms with van der Waals surface area (Å²) in [5.41, 5.74) is 1.58. The molecule has 0 spiro atoms. The number of hydrogen-bond donors (Lipinski definition) is 1. The Morgan fingerprint density at radius 1 is 1.39 bits per heavy atom. The molecule has 0 bridgehead atoms. The van der Waals surface area contributed by atoms with Gasteiger partial charge in [0.15, 0.2) is 0 Å². The average Bonchev–Trinajstić information content (AvgIpc) is 3.02. The molecule has 0 unspecified atom stereocenters. The molecule has 0 fully saturated rings. The highest BCUT2D eigenvalue weighted by atomic mass is 32.1. The number of nitrogens with zero attached hydrogens (tertiary/aromatic N) is 3. The van der Waals surface area contributed by atoms with Gasteiger partial charge in [0.05, 0.1) is 6.54 Å². The molecule has 2 heterocycles. The zero-order valence-corrected chi connectivity index (χ0v) is 11.5. The zero-order chi connectivity index (χ0) is 12.4. The lowest BCUT2D eigenvalue weighted by atomic mass is 10.2. The van der Waals surface area contributed by atoms with Crippen LogP contribution in [0.15, 0.2) is 12.4 Å². The number of rotatable bonds is 5. The van der Waals surface area contributed by atoms with Crippen molar-refractivity contribution in [3.63, 3.8) is 0 Å². The highest BCUT2D eigenvalue weighted by Crippen LogP contribution is 2.30. The molecule has 3 rings (SSSR count). The summed E-state index contributed by atoms with van der Waals surface area (Å²) in [7, 11) is 0. The first-order chi connectivity index (χ1) is 8.86. The first-order valence-electron chi connectivity index (χ1n) is 6.54. The second-order valence-electron chi connectivity index (χ2n) is 4.61. The second kappa shape index (κ2) is 5.20. The summed E-state index contributed by atoms with van der Waals surface area (Å²) in [5.74, 6) is 1.02. The van der Waals surface area contributed by atoms with Crippen molar-refractivity contribution >= 4 is 11.3 Å². The summed E-state index contributed by atoms with van der Waals surface area (Å²) in [4.78, 5) is 7.31. The van der Waals surface area contributed by atoms with Gasteiger partial charge in [0.25, 0.3) is 0 Å². The minimum atomic E-state index is 0.788. The van der Waals surface area contributed by atoms with E-state index in [0.29, 0.717) is 0 Å². The Balaban J connectivity index is 1.55. The molecule has 0 saturated heterocycles. The van der Waals surface area contributed by atoms with Crippen LogP contribution in [0.4, 0.5) is 0 Å². The van der Waals surface area contributed by atoms with Gasteiger partial charge in [-0.1, -0.05) is 0 Å². The lowest BCUT2D eigenvalue weighted by molar-refractivity contribution is 0.574. The molecular formula is C13H18N4S. The van der Waals surface area contributed by atoms with Gasteiger partial charge in [-0.15, -0.1) is 11.3 Å². The highest BCUT2D eigenvalue weighted by molar-refractivity contribution is 7.12. The van der Waals surface area contributed by atoms with Crippen LogP contribution >= 0.6 is 11.3 Å². The van der Waals surface area contributed by atoms with Crippen molar-refractivity contribution in [2.45, 2.75) is 45.8 Å². The summed E-state index contributed by atoms with van der Waals surface area (Å²) >= 11 is 1.96. The number of thiophene rings is 1. The van der Waals surface area contributed by atoms with Crippen LogP contribution in [0, 0.1) is 0 Å². The fourth-order valence-corrected chi connectivity index (χ4v) is 3.69. The lowest BCUT2D eigenvalue weighted by Gasteiger charge is -2.04. The quantitative estimate of drug-likeness (QED) is 0.897. The molecule has 96 valence electrons. The summed E-state index contributed by atoms with van der Waals surface area (Å²) in [6.45, 7) is 4.69. The van der Waals surface area contributed by atoms with Gasteiger partial charge in [-0.05, 0) is 37.8 Å². The Labute approximate surface area is 111 Å². The van der Waals surface area contributed by atoms with Gasteiger partial charge >= 0.3 is 0 Å². The van der Waals surface area contributed by atoms with Crippen LogP contribution in [0.3, 0.4) is 0 Å². The molecule has 0 radical (unpaired) electrons. The first-order valence-corrected chi connectivity index (χ1v) is 7.36. The largest absolute Gasteiger partial charge is 0.305 e. The van der Waals surface area contributed by atoms with Crippen LogP contribution in [0.25, 0.3) is 0 Å². The smallest absolute Gasteiger partial charge is 0.140 e. The van der Waals surface area contributed by atoms with E-state index in [9.17, 15) is 0 Å². The van der Waals surface area contributed by atoms with Crippen LogP contribution in [0.1, 0.15) is 34.5 Å². The monoisotopic (exact) mass is 262 g/mol. The maximum atomic E-state index is 4.26. The third kappa shape index (κ3) is 2.33. The number of aryl methyl sites for hydroxylation is 3. The van der Waals surface area contributed by atoms with Crippen LogP contribution in [-0.2, 0) is 32.5 Å². The van der Waals surface area contributed by atoms with Gasteiger partial charge in [0.2, 0.25) is 0 Å². The summed E-state index contributed by atoms with van der Waals surface area (Å²) in [5, 5.41) is 7.62. The topological polar surface area (TPSA) is 42.7 Å². The fraction of sp³-hybridized carbons (Fsp3) is 0.538. The van der Waals surface area contributed by atoms with Crippen molar-refractivity contribution in [3.8, 4) is 0 Å². The van der Waals surface area contributed by atoms with Crippen molar-refractivity contribution in [1.29, 1.82) is 0 Å². The Hall–Kier alpha value is -1.20. The molecule has 0 atom stereocenters. The molecule has 0 amide bonds. The predicted molar refractivity (Wildman–Crippen MR) is 72.6 cm³/mol. The number of aromatic nitrogens is 3. The van der Waals surface area contributed by atoms with Crippen LogP contribution < -0.4 is 5.32 Å². The Morgan fingerprint density at radius 3 is 3.17 bits per heavy atom. The van der Waals surface area contributed by atoms with E-state index in [4.69, 9.17) is 0 Å². The van der Waals surface area contributed by atoms with Crippen LogP contribution in [-0.4, -0.2) is 14.8 Å². The highest BCUT2D eigenvalue weighted by Gasteiger charge is 2.14. The standard InChI is InChI=1S/C13H18N4S/c1-2-17-13(15-9-16-17)8-14-7-11-6-10-4-3-5-12(10)18-11/h6,9,14H,2-5,7-8H2,1H3. The van der Waals surface area contributed by atoms with E-state index in [0.717, 1.165) is 25.5 Å². The van der Waals surface area contributed by atoms with Crippen molar-refractivity contribution < 1.29 is 0 Å². The van der Waals surface area contributed by atoms with E-state index < -0.39 is 0 Å². The van der Waals surface area contributed by atoms with E-state index in [2.05, 4.69) is 28.4 Å². The van der Waals surface area contributed by atoms with E-state index in [1.807, 2.05) is 16.0 Å². The third-order valence-corrected chi connectivity index (χ3v) is 4.61. The molecular weight excluding hydrogens is 244 g/mol. The van der Waals surface area contributed by atoms with Crippen molar-refractivity contribution in [2.75, 3.05) is 0 Å². The Kier molecular flexibility index (Phi) is 3.43. The van der Waals surface area contributed by atoms with Crippen molar-refractivity contribution in [2.24, 2.45) is 0 Å². The SMILES string of the molecule is CCn1ncnc1CNCc1cc2c(s1)CCC2. The molecule has 2 aromatic heterocycles. The van der Waals surface area contributed by atoms with Crippen molar-refractivity contribution in [1.82, 2.24) is 20.1 Å². The van der Waals surface area contributed by atoms with E-state index in [-0.39, 0.29) is 0 Å². The fourth-order valence-electron chi connectivity index (χ4n) is 2.46. The second-order valence-corrected chi connectivity index (χ2v) is 5.83. The summed E-state index contributed by atoms with van der Waals surface area (Å²) in [6.07, 6.45) is 5.52. The maximum absolute atomic E-state index is 4.26. The van der Waals surface area contributed by atoms with Gasteiger partial charge in [-0.25, -0.2) is 9.67 Å². The molecule has 0 saturated carbocycles. The van der Waals surface area contributed by atoms with Crippen LogP contribution in [0.5, 0.6) is 0 Å². The minimum Gasteiger partial charge on any atom is -0.305 e. The van der Waals surface area contributed by atoms with E-state index in [1.54, 1.807) is 16.8 Å². The lowest BCUT2D eigenvalue weighted by Crippen LogP contribution is -2.16. The van der Waals surface area contributed by atoms with Crippen molar-refractivity contribution in [3.05, 3.63) is 33.5 Å². The van der Waals surface area contributed by atoms with Gasteiger partial charge < -0.3 is 5.32 Å². The Bertz CT molecular complexity index is 507. The normalized spacial score (nSPS) is 14.1. The van der Waals surface area contributed by atoms with Crippen LogP contribution in [0.2, 0.25) is 0 Å². The molecule has 2 aromatic rings. The average molecular weight is 262 g/mol. The predicted octanol–water partition coefficient (Wildman–Crippen LogP) is 2.14. The number of fused-ring (bicyclic) bond motifs is 1. The summed E-state index contributed by atoms with van der Waals surface area (Å²) < 4.78 is 1.93. The number of nitrogens with one attached hydrogen (secondary N) is 1. The molecule has 1 N–H and O–H groups in total. The minimum absolute atomic E-state index is 0.788. The molecule has 0 aliphatic heterocycles. The molecule has 1 aliphatic carbocycles. The Morgan fingerprint density at radius 2 is 2.33 bits per heavy atom. The third-order valence-electron chi connectivity index (χ3n) is 3.38. The molecule has 18 heavy (non-hydrogen) atoms. The maximum Gasteiger partial charge on any atom is 0.140 e. The van der Waals surface area contributed by atoms with Gasteiger partial charge in [0.1, 0.15) is 12.2 Å². The first kappa shape index (κ1) is 11.9. The zero-order valence-electron chi connectivity index (χ0n) is 10.6. The van der Waals surface area contributed by atoms with E-state index in [1.165, 1.54) is 24.1 Å². The van der Waals surface area contributed by atoms with Gasteiger partial charge in [-0.2, -0.15) is 5.10 Å². The summed E-state index contributed by atoms with van der Waals surface area (Å²) in [6, 6.07) is 2.37.